The second-order valence-electron chi connectivity index (χ2n) is 7.58. The highest BCUT2D eigenvalue weighted by Gasteiger charge is 2.20. The molecule has 2 heterocycles. The zero-order valence-electron chi connectivity index (χ0n) is 17.4. The molecule has 1 aromatic carbocycles. The number of hydrogen-bond acceptors (Lipinski definition) is 4. The van der Waals surface area contributed by atoms with Crippen LogP contribution in [0, 0.1) is 19.8 Å². The topological polar surface area (TPSA) is 52.6 Å². The van der Waals surface area contributed by atoms with Gasteiger partial charge in [-0.2, -0.15) is 0 Å². The van der Waals surface area contributed by atoms with E-state index in [9.17, 15) is 0 Å². The Labute approximate surface area is 173 Å². The lowest BCUT2D eigenvalue weighted by Crippen LogP contribution is -2.42. The van der Waals surface area contributed by atoms with Crippen LogP contribution >= 0.6 is 11.3 Å². The minimum absolute atomic E-state index is 0.704. The zero-order valence-corrected chi connectivity index (χ0v) is 18.2. The second-order valence-corrected chi connectivity index (χ2v) is 8.64. The van der Waals surface area contributed by atoms with Crippen molar-refractivity contribution in [2.45, 2.75) is 46.7 Å². The number of nitrogens with zero attached hydrogens (tertiary/aromatic N) is 3. The molecule has 0 radical (unpaired) electrons. The molecule has 0 atom stereocenters. The van der Waals surface area contributed by atoms with Crippen LogP contribution in [0.2, 0.25) is 0 Å². The number of aromatic nitrogens is 1. The summed E-state index contributed by atoms with van der Waals surface area (Å²) in [5, 5.41) is 10.3. The largest absolute Gasteiger partial charge is 0.357 e. The first kappa shape index (κ1) is 20.8. The van der Waals surface area contributed by atoms with Gasteiger partial charge in [0, 0.05) is 25.0 Å². The molecule has 5 nitrogen and oxygen atoms in total. The summed E-state index contributed by atoms with van der Waals surface area (Å²) in [5.41, 5.74) is 3.80. The van der Waals surface area contributed by atoms with Crippen molar-refractivity contribution < 1.29 is 0 Å². The number of nitrogens with one attached hydrogen (secondary N) is 2. The standard InChI is InChI=1S/C22H33N5S/c1-4-23-22(25-14-20-8-6-5-7-17(20)2)24-13-19-9-11-27(12-10-19)15-21-16-28-18(3)26-21/h5-8,16,19H,4,9-15H2,1-3H3,(H2,23,24,25). The lowest BCUT2D eigenvalue weighted by Gasteiger charge is -2.31. The quantitative estimate of drug-likeness (QED) is 0.550. The molecule has 1 saturated heterocycles. The van der Waals surface area contributed by atoms with Gasteiger partial charge in [-0.3, -0.25) is 4.90 Å². The molecule has 1 aliphatic rings. The van der Waals surface area contributed by atoms with Crippen molar-refractivity contribution in [1.29, 1.82) is 0 Å². The van der Waals surface area contributed by atoms with Crippen LogP contribution in [0.25, 0.3) is 0 Å². The third-order valence-electron chi connectivity index (χ3n) is 5.33. The van der Waals surface area contributed by atoms with Crippen LogP contribution in [0.5, 0.6) is 0 Å². The van der Waals surface area contributed by atoms with Crippen LogP contribution < -0.4 is 10.6 Å². The summed E-state index contributed by atoms with van der Waals surface area (Å²) in [7, 11) is 0. The normalized spacial score (nSPS) is 16.3. The van der Waals surface area contributed by atoms with Crippen molar-refractivity contribution in [2.75, 3.05) is 26.2 Å². The van der Waals surface area contributed by atoms with Crippen LogP contribution in [0.15, 0.2) is 34.6 Å². The Bertz CT molecular complexity index is 762. The fourth-order valence-corrected chi connectivity index (χ4v) is 4.20. The molecule has 0 spiro atoms. The maximum absolute atomic E-state index is 4.78. The molecule has 2 N–H and O–H groups in total. The number of hydrogen-bond donors (Lipinski definition) is 2. The lowest BCUT2D eigenvalue weighted by molar-refractivity contribution is 0.176. The monoisotopic (exact) mass is 399 g/mol. The second kappa shape index (κ2) is 10.6. The first-order valence-corrected chi connectivity index (χ1v) is 11.2. The molecule has 1 aliphatic heterocycles. The maximum atomic E-state index is 4.78. The highest BCUT2D eigenvalue weighted by molar-refractivity contribution is 7.09. The van der Waals surface area contributed by atoms with E-state index in [1.165, 1.54) is 29.7 Å². The van der Waals surface area contributed by atoms with E-state index in [1.54, 1.807) is 11.3 Å². The molecule has 1 fully saturated rings. The van der Waals surface area contributed by atoms with E-state index >= 15 is 0 Å². The van der Waals surface area contributed by atoms with Crippen molar-refractivity contribution >= 4 is 17.3 Å². The zero-order chi connectivity index (χ0) is 19.8. The Balaban J connectivity index is 1.44. The number of rotatable bonds is 7. The van der Waals surface area contributed by atoms with Crippen LogP contribution in [-0.4, -0.2) is 42.0 Å². The molecular weight excluding hydrogens is 366 g/mol. The molecule has 1 aromatic heterocycles. The van der Waals surface area contributed by atoms with Crippen molar-refractivity contribution in [3.8, 4) is 0 Å². The number of likely N-dealkylation sites (tertiary alicyclic amines) is 1. The third kappa shape index (κ3) is 6.31. The number of aliphatic imine (C=N–C) groups is 1. The van der Waals surface area contributed by atoms with Gasteiger partial charge < -0.3 is 10.6 Å². The van der Waals surface area contributed by atoms with Crippen LogP contribution in [0.3, 0.4) is 0 Å². The number of benzene rings is 1. The van der Waals surface area contributed by atoms with Gasteiger partial charge >= 0.3 is 0 Å². The molecule has 152 valence electrons. The van der Waals surface area contributed by atoms with Gasteiger partial charge in [0.25, 0.3) is 0 Å². The van der Waals surface area contributed by atoms with E-state index < -0.39 is 0 Å². The Hall–Kier alpha value is -1.92. The van der Waals surface area contributed by atoms with Gasteiger partial charge in [-0.1, -0.05) is 24.3 Å². The van der Waals surface area contributed by atoms with Gasteiger partial charge in [-0.25, -0.2) is 9.98 Å². The third-order valence-corrected chi connectivity index (χ3v) is 6.15. The molecule has 6 heteroatoms. The molecule has 0 unspecified atom stereocenters. The van der Waals surface area contributed by atoms with Crippen LogP contribution in [0.1, 0.15) is 41.6 Å². The minimum atomic E-state index is 0.704. The predicted molar refractivity (Wildman–Crippen MR) is 119 cm³/mol. The Morgan fingerprint density at radius 3 is 2.68 bits per heavy atom. The van der Waals surface area contributed by atoms with Crippen LogP contribution in [0.4, 0.5) is 0 Å². The molecule has 2 aromatic rings. The van der Waals surface area contributed by atoms with Gasteiger partial charge in [0.1, 0.15) is 0 Å². The summed E-state index contributed by atoms with van der Waals surface area (Å²) < 4.78 is 0. The molecule has 0 aliphatic carbocycles. The van der Waals surface area contributed by atoms with Gasteiger partial charge in [0.2, 0.25) is 0 Å². The highest BCUT2D eigenvalue weighted by Crippen LogP contribution is 2.19. The Morgan fingerprint density at radius 1 is 1.21 bits per heavy atom. The summed E-state index contributed by atoms with van der Waals surface area (Å²) >= 11 is 1.75. The Morgan fingerprint density at radius 2 is 2.00 bits per heavy atom. The smallest absolute Gasteiger partial charge is 0.191 e. The van der Waals surface area contributed by atoms with Gasteiger partial charge in [-0.05, 0) is 63.7 Å². The molecule has 0 amide bonds. The summed E-state index contributed by atoms with van der Waals surface area (Å²) in [6.45, 7) is 12.2. The van der Waals surface area contributed by atoms with Crippen LogP contribution in [-0.2, 0) is 13.1 Å². The van der Waals surface area contributed by atoms with E-state index in [1.807, 2.05) is 0 Å². The van der Waals surface area contributed by atoms with Gasteiger partial charge in [-0.15, -0.1) is 11.3 Å². The maximum Gasteiger partial charge on any atom is 0.191 e. The van der Waals surface area contributed by atoms with E-state index in [0.29, 0.717) is 12.5 Å². The van der Waals surface area contributed by atoms with E-state index in [0.717, 1.165) is 43.7 Å². The highest BCUT2D eigenvalue weighted by atomic mass is 32.1. The number of piperidine rings is 1. The summed E-state index contributed by atoms with van der Waals surface area (Å²) in [6, 6.07) is 8.46. The van der Waals surface area contributed by atoms with E-state index in [4.69, 9.17) is 4.99 Å². The Kier molecular flexibility index (Phi) is 7.86. The van der Waals surface area contributed by atoms with Crippen molar-refractivity contribution in [3.05, 3.63) is 51.5 Å². The van der Waals surface area contributed by atoms with Crippen molar-refractivity contribution in [3.63, 3.8) is 0 Å². The van der Waals surface area contributed by atoms with Gasteiger partial charge in [0.15, 0.2) is 5.96 Å². The predicted octanol–water partition coefficient (Wildman–Crippen LogP) is 3.73. The summed E-state index contributed by atoms with van der Waals surface area (Å²) in [6.07, 6.45) is 2.46. The number of aryl methyl sites for hydroxylation is 2. The van der Waals surface area contributed by atoms with Gasteiger partial charge in [0.05, 0.1) is 17.2 Å². The fourth-order valence-electron chi connectivity index (χ4n) is 3.59. The number of guanidine groups is 1. The SMILES string of the molecule is CCNC(=NCc1ccccc1C)NCC1CCN(Cc2csc(C)n2)CC1. The molecule has 0 bridgehead atoms. The molecular formula is C22H33N5S. The van der Waals surface area contributed by atoms with Crippen molar-refractivity contribution in [2.24, 2.45) is 10.9 Å². The molecule has 28 heavy (non-hydrogen) atoms. The minimum Gasteiger partial charge on any atom is -0.357 e. The fraction of sp³-hybridized carbons (Fsp3) is 0.545. The van der Waals surface area contributed by atoms with E-state index in [-0.39, 0.29) is 0 Å². The average Bonchev–Trinajstić information content (AvgIpc) is 3.11. The summed E-state index contributed by atoms with van der Waals surface area (Å²) in [4.78, 5) is 11.9. The lowest BCUT2D eigenvalue weighted by atomic mass is 9.97. The van der Waals surface area contributed by atoms with E-state index in [2.05, 4.69) is 70.9 Å². The first-order valence-electron chi connectivity index (χ1n) is 10.3. The average molecular weight is 400 g/mol. The summed E-state index contributed by atoms with van der Waals surface area (Å²) in [5.74, 6) is 1.63. The first-order chi connectivity index (χ1) is 13.6. The molecule has 0 saturated carbocycles. The number of thiazole rings is 1. The molecule has 3 rings (SSSR count). The van der Waals surface area contributed by atoms with Crippen molar-refractivity contribution in [1.82, 2.24) is 20.5 Å².